The van der Waals surface area contributed by atoms with E-state index in [1.54, 1.807) is 0 Å². The third-order valence-electron chi connectivity index (χ3n) is 5.73. The fraction of sp³-hybridized carbons (Fsp3) is 0.556. The van der Waals surface area contributed by atoms with Gasteiger partial charge < -0.3 is 21.2 Å². The van der Waals surface area contributed by atoms with E-state index in [-0.39, 0.29) is 41.7 Å². The summed E-state index contributed by atoms with van der Waals surface area (Å²) < 4.78 is 22.3. The maximum atomic E-state index is 15.1. The zero-order valence-electron chi connectivity index (χ0n) is 15.9. The van der Waals surface area contributed by atoms with Crippen LogP contribution >= 0.6 is 12.4 Å². The second-order valence-corrected chi connectivity index (χ2v) is 7.58. The summed E-state index contributed by atoms with van der Waals surface area (Å²) >= 11 is 0. The summed E-state index contributed by atoms with van der Waals surface area (Å²) in [5.74, 6) is 5.51. The standard InChI is InChI=1S/C18H24FN5O3.ClH/c1-9(20)11-5-6-22(7-11)14-12(19)8-23-15(16(14)27-2)13(10-3-4-10)17(25)24(21)18(23)26;/h8-11H,3-7,20-21H2,1-2H3;1H/t9-,11?;/m0./s1. The van der Waals surface area contributed by atoms with Gasteiger partial charge in [0.25, 0.3) is 5.56 Å². The molecular formula is C18H25ClFN5O3. The number of aromatic nitrogens is 2. The van der Waals surface area contributed by atoms with E-state index < -0.39 is 17.1 Å². The van der Waals surface area contributed by atoms with Crippen LogP contribution in [-0.2, 0) is 0 Å². The number of methoxy groups -OCH3 is 1. The molecule has 0 bridgehead atoms. The average molecular weight is 414 g/mol. The van der Waals surface area contributed by atoms with E-state index in [4.69, 9.17) is 16.3 Å². The third-order valence-corrected chi connectivity index (χ3v) is 5.73. The minimum Gasteiger partial charge on any atom is -0.492 e. The van der Waals surface area contributed by atoms with E-state index in [0.717, 1.165) is 29.9 Å². The lowest BCUT2D eigenvalue weighted by atomic mass is 10.0. The van der Waals surface area contributed by atoms with Crippen molar-refractivity contribution in [1.29, 1.82) is 0 Å². The van der Waals surface area contributed by atoms with Crippen molar-refractivity contribution in [2.24, 2.45) is 11.7 Å². The van der Waals surface area contributed by atoms with Gasteiger partial charge in [-0.3, -0.25) is 9.20 Å². The van der Waals surface area contributed by atoms with Gasteiger partial charge in [0.05, 0.1) is 18.9 Å². The minimum absolute atomic E-state index is 0. The Morgan fingerprint density at radius 1 is 1.29 bits per heavy atom. The molecule has 2 aromatic rings. The number of halogens is 2. The summed E-state index contributed by atoms with van der Waals surface area (Å²) in [5.41, 5.74) is 5.68. The van der Waals surface area contributed by atoms with Crippen LogP contribution in [0, 0.1) is 11.7 Å². The Labute approximate surface area is 167 Å². The molecule has 2 aliphatic rings. The van der Waals surface area contributed by atoms with Crippen LogP contribution in [0.3, 0.4) is 0 Å². The highest BCUT2D eigenvalue weighted by Crippen LogP contribution is 2.45. The molecule has 154 valence electrons. The summed E-state index contributed by atoms with van der Waals surface area (Å²) in [7, 11) is 1.42. The van der Waals surface area contributed by atoms with Gasteiger partial charge in [0, 0.05) is 19.1 Å². The molecule has 2 fully saturated rings. The highest BCUT2D eigenvalue weighted by atomic mass is 35.5. The predicted octanol–water partition coefficient (Wildman–Crippen LogP) is 0.795. The van der Waals surface area contributed by atoms with Crippen molar-refractivity contribution in [3.05, 3.63) is 38.4 Å². The van der Waals surface area contributed by atoms with Gasteiger partial charge in [0.1, 0.15) is 11.2 Å². The van der Waals surface area contributed by atoms with Gasteiger partial charge in [-0.15, -0.1) is 12.4 Å². The number of pyridine rings is 1. The zero-order valence-corrected chi connectivity index (χ0v) is 16.7. The lowest BCUT2D eigenvalue weighted by molar-refractivity contribution is 0.412. The van der Waals surface area contributed by atoms with Crippen molar-refractivity contribution >= 4 is 23.6 Å². The topological polar surface area (TPSA) is 108 Å². The summed E-state index contributed by atoms with van der Waals surface area (Å²) in [6.07, 6.45) is 3.60. The van der Waals surface area contributed by atoms with Crippen LogP contribution in [0.25, 0.3) is 5.52 Å². The minimum atomic E-state index is -0.793. The number of anilines is 1. The number of nitrogens with zero attached hydrogens (tertiary/aromatic N) is 3. The maximum Gasteiger partial charge on any atom is 0.354 e. The number of nitrogens with two attached hydrogens (primary N) is 2. The molecule has 3 heterocycles. The first kappa shape index (κ1) is 20.5. The molecule has 4 N–H and O–H groups in total. The Morgan fingerprint density at radius 2 is 1.96 bits per heavy atom. The van der Waals surface area contributed by atoms with Crippen molar-refractivity contribution in [1.82, 2.24) is 9.08 Å². The van der Waals surface area contributed by atoms with Gasteiger partial charge >= 0.3 is 5.69 Å². The Balaban J connectivity index is 0.00000225. The Bertz CT molecular complexity index is 1030. The first-order valence-electron chi connectivity index (χ1n) is 9.18. The number of ether oxygens (including phenoxy) is 1. The van der Waals surface area contributed by atoms with Crippen molar-refractivity contribution in [2.45, 2.75) is 38.1 Å². The molecule has 1 aliphatic heterocycles. The van der Waals surface area contributed by atoms with Crippen LogP contribution in [-0.4, -0.2) is 35.3 Å². The van der Waals surface area contributed by atoms with Crippen molar-refractivity contribution in [2.75, 3.05) is 30.9 Å². The summed E-state index contributed by atoms with van der Waals surface area (Å²) in [6, 6.07) is -0.00130. The Kier molecular flexibility index (Phi) is 5.33. The van der Waals surface area contributed by atoms with Crippen LogP contribution < -0.4 is 32.5 Å². The quantitative estimate of drug-likeness (QED) is 0.717. The van der Waals surface area contributed by atoms with Crippen molar-refractivity contribution in [3.63, 3.8) is 0 Å². The van der Waals surface area contributed by atoms with Crippen LogP contribution in [0.4, 0.5) is 10.1 Å². The molecule has 1 unspecified atom stereocenters. The van der Waals surface area contributed by atoms with E-state index in [0.29, 0.717) is 28.8 Å². The first-order chi connectivity index (χ1) is 12.8. The van der Waals surface area contributed by atoms with E-state index in [9.17, 15) is 9.59 Å². The van der Waals surface area contributed by atoms with E-state index in [1.165, 1.54) is 7.11 Å². The van der Waals surface area contributed by atoms with E-state index in [1.807, 2.05) is 11.8 Å². The predicted molar refractivity (Wildman–Crippen MR) is 108 cm³/mol. The number of rotatable bonds is 4. The smallest absolute Gasteiger partial charge is 0.354 e. The molecule has 0 aromatic carbocycles. The van der Waals surface area contributed by atoms with Gasteiger partial charge in [-0.1, -0.05) is 0 Å². The summed E-state index contributed by atoms with van der Waals surface area (Å²) in [4.78, 5) is 27.0. The number of hydrogen-bond acceptors (Lipinski definition) is 6. The van der Waals surface area contributed by atoms with Crippen LogP contribution in [0.5, 0.6) is 5.75 Å². The normalized spacial score (nSPS) is 20.3. The monoisotopic (exact) mass is 413 g/mol. The molecular weight excluding hydrogens is 389 g/mol. The molecule has 10 heteroatoms. The summed E-state index contributed by atoms with van der Waals surface area (Å²) in [6.45, 7) is 3.17. The average Bonchev–Trinajstić information content (AvgIpc) is 3.35. The van der Waals surface area contributed by atoms with Gasteiger partial charge in [-0.25, -0.2) is 9.18 Å². The maximum absolute atomic E-state index is 15.1. The second-order valence-electron chi connectivity index (χ2n) is 7.58. The number of hydrogen-bond donors (Lipinski definition) is 2. The molecule has 0 radical (unpaired) electrons. The Hall–Kier alpha value is -2.26. The molecule has 4 rings (SSSR count). The van der Waals surface area contributed by atoms with Gasteiger partial charge in [-0.05, 0) is 38.0 Å². The number of nitrogen functional groups attached to an aromatic ring is 1. The van der Waals surface area contributed by atoms with Crippen molar-refractivity contribution in [3.8, 4) is 5.75 Å². The third kappa shape index (κ3) is 3.02. The SMILES string of the molecule is COc1c(N2CCC([C@H](C)N)C2)c(F)cn2c(=O)n(N)c(=O)c(C3CC3)c12.Cl. The first-order valence-corrected chi connectivity index (χ1v) is 9.18. The van der Waals surface area contributed by atoms with Crippen molar-refractivity contribution < 1.29 is 9.13 Å². The fourth-order valence-corrected chi connectivity index (χ4v) is 4.05. The second kappa shape index (κ2) is 7.29. The largest absolute Gasteiger partial charge is 0.492 e. The molecule has 8 nitrogen and oxygen atoms in total. The molecule has 2 aromatic heterocycles. The van der Waals surface area contributed by atoms with Crippen LogP contribution in [0.2, 0.25) is 0 Å². The zero-order chi connectivity index (χ0) is 19.5. The molecule has 1 saturated carbocycles. The summed E-state index contributed by atoms with van der Waals surface area (Å²) in [5, 5.41) is 0. The lowest BCUT2D eigenvalue weighted by Gasteiger charge is -2.24. The molecule has 28 heavy (non-hydrogen) atoms. The van der Waals surface area contributed by atoms with Crippen LogP contribution in [0.1, 0.15) is 37.7 Å². The van der Waals surface area contributed by atoms with Gasteiger partial charge in [-0.2, -0.15) is 4.68 Å². The van der Waals surface area contributed by atoms with E-state index >= 15 is 4.39 Å². The Morgan fingerprint density at radius 3 is 2.50 bits per heavy atom. The van der Waals surface area contributed by atoms with Crippen LogP contribution in [0.15, 0.2) is 15.8 Å². The highest BCUT2D eigenvalue weighted by Gasteiger charge is 2.35. The molecule has 1 aliphatic carbocycles. The molecule has 2 atom stereocenters. The lowest BCUT2D eigenvalue weighted by Crippen LogP contribution is -2.44. The molecule has 1 saturated heterocycles. The van der Waals surface area contributed by atoms with Gasteiger partial charge in [0.15, 0.2) is 11.6 Å². The van der Waals surface area contributed by atoms with E-state index in [2.05, 4.69) is 0 Å². The fourth-order valence-electron chi connectivity index (χ4n) is 4.05. The molecule has 0 amide bonds. The molecule has 0 spiro atoms. The number of fused-ring (bicyclic) bond motifs is 1. The highest BCUT2D eigenvalue weighted by molar-refractivity contribution is 5.85. The van der Waals surface area contributed by atoms with Gasteiger partial charge in [0.2, 0.25) is 0 Å².